The van der Waals surface area contributed by atoms with Gasteiger partial charge in [-0.15, -0.1) is 0 Å². The number of hydrogen-bond donors (Lipinski definition) is 1. The second kappa shape index (κ2) is 12.9. The highest BCUT2D eigenvalue weighted by molar-refractivity contribution is 7.90. The first-order valence-electron chi connectivity index (χ1n) is 16.2. The van der Waals surface area contributed by atoms with Gasteiger partial charge in [0.15, 0.2) is 0 Å². The number of sulfonamides is 2. The van der Waals surface area contributed by atoms with Crippen LogP contribution in [-0.2, 0) is 31.2 Å². The molecule has 1 N–H and O–H groups in total. The van der Waals surface area contributed by atoms with Gasteiger partial charge in [0, 0.05) is 29.6 Å². The van der Waals surface area contributed by atoms with Crippen LogP contribution < -0.4 is 9.46 Å². The van der Waals surface area contributed by atoms with Gasteiger partial charge in [0.1, 0.15) is 17.2 Å². The third kappa shape index (κ3) is 6.83. The molecule has 1 amide bonds. The Morgan fingerprint density at radius 2 is 1.64 bits per heavy atom. The molecule has 252 valence electrons. The largest absolute Gasteiger partial charge is 0.487 e. The smallest absolute Gasteiger partial charge is 0.265 e. The van der Waals surface area contributed by atoms with E-state index in [9.17, 15) is 26.0 Å². The lowest BCUT2D eigenvalue weighted by Crippen LogP contribution is -2.48. The molecule has 9 nitrogen and oxygen atoms in total. The summed E-state index contributed by atoms with van der Waals surface area (Å²) in [5, 5.41) is 0. The lowest BCUT2D eigenvalue weighted by atomic mass is 9.74. The number of carbonyl (C=O) groups excluding carboxylic acids is 1. The minimum Gasteiger partial charge on any atom is -0.487 e. The molecular weight excluding hydrogens is 644 g/mol. The number of rotatable bonds is 8. The number of piperidine rings is 1. The molecule has 3 heterocycles. The number of hydrogen-bond acceptors (Lipinski definition) is 7. The van der Waals surface area contributed by atoms with Gasteiger partial charge in [-0.1, -0.05) is 25.5 Å². The van der Waals surface area contributed by atoms with Crippen molar-refractivity contribution in [3.63, 3.8) is 0 Å². The van der Waals surface area contributed by atoms with Crippen LogP contribution in [-0.4, -0.2) is 51.3 Å². The van der Waals surface area contributed by atoms with Gasteiger partial charge < -0.3 is 9.47 Å². The van der Waals surface area contributed by atoms with Crippen molar-refractivity contribution in [2.45, 2.75) is 99.4 Å². The van der Waals surface area contributed by atoms with Gasteiger partial charge in [-0.25, -0.2) is 25.9 Å². The Hall–Kier alpha value is -3.32. The Kier molecular flexibility index (Phi) is 9.25. The van der Waals surface area contributed by atoms with Crippen LogP contribution in [0.5, 0.6) is 5.75 Å². The van der Waals surface area contributed by atoms with Crippen molar-refractivity contribution in [3.05, 3.63) is 89.2 Å². The van der Waals surface area contributed by atoms with Gasteiger partial charge in [0.25, 0.3) is 15.9 Å². The number of fused-ring (bicyclic) bond motifs is 3. The highest BCUT2D eigenvalue weighted by Gasteiger charge is 2.47. The lowest BCUT2D eigenvalue weighted by Gasteiger charge is -2.49. The number of ether oxygens (including phenoxy) is 2. The fourth-order valence-corrected chi connectivity index (χ4v) is 9.89. The van der Waals surface area contributed by atoms with Gasteiger partial charge in [-0.2, -0.15) is 4.31 Å². The molecule has 47 heavy (non-hydrogen) atoms. The molecule has 3 aromatic carbocycles. The highest BCUT2D eigenvalue weighted by Crippen LogP contribution is 2.51. The van der Waals surface area contributed by atoms with Gasteiger partial charge in [0.2, 0.25) is 10.0 Å². The van der Waals surface area contributed by atoms with Crippen molar-refractivity contribution in [2.75, 3.05) is 6.54 Å². The van der Waals surface area contributed by atoms with E-state index in [-0.39, 0.29) is 45.3 Å². The predicted molar refractivity (Wildman–Crippen MR) is 175 cm³/mol. The first kappa shape index (κ1) is 33.6. The quantitative estimate of drug-likeness (QED) is 0.303. The SMILES string of the molecule is CC[C@@H]1CCCCN1S(=O)(=O)c1ccc(S(=O)(=O)NC(=O)c2ccc3c(c2)[C@@H]2O[C@H](Cc4ccc(F)cc4)CC[C@H]2C(C)(C)O3)cc1. The van der Waals surface area contributed by atoms with Gasteiger partial charge in [-0.3, -0.25) is 4.79 Å². The van der Waals surface area contributed by atoms with Crippen LogP contribution in [0, 0.1) is 11.7 Å². The molecule has 3 aliphatic rings. The minimum absolute atomic E-state index is 0.00570. The lowest BCUT2D eigenvalue weighted by molar-refractivity contribution is -0.149. The first-order valence-corrected chi connectivity index (χ1v) is 19.1. The maximum Gasteiger partial charge on any atom is 0.265 e. The van der Waals surface area contributed by atoms with Crippen LogP contribution in [0.2, 0.25) is 0 Å². The van der Waals surface area contributed by atoms with Gasteiger partial charge >= 0.3 is 0 Å². The van der Waals surface area contributed by atoms with Gasteiger partial charge in [0.05, 0.1) is 22.0 Å². The van der Waals surface area contributed by atoms with Crippen molar-refractivity contribution < 1.29 is 35.5 Å². The molecule has 0 saturated carbocycles. The molecule has 6 rings (SSSR count). The molecular formula is C35H41FN2O7S2. The van der Waals surface area contributed by atoms with Crippen molar-refractivity contribution in [2.24, 2.45) is 5.92 Å². The average molecular weight is 685 g/mol. The number of carbonyl (C=O) groups is 1. The summed E-state index contributed by atoms with van der Waals surface area (Å²) in [6, 6.07) is 16.0. The Morgan fingerprint density at radius 3 is 2.34 bits per heavy atom. The molecule has 0 unspecified atom stereocenters. The van der Waals surface area contributed by atoms with E-state index in [1.54, 1.807) is 24.3 Å². The number of benzene rings is 3. The molecule has 3 aromatic rings. The van der Waals surface area contributed by atoms with Crippen molar-refractivity contribution in [1.29, 1.82) is 0 Å². The number of nitrogens with one attached hydrogen (secondary N) is 1. The van der Waals surface area contributed by atoms with Crippen LogP contribution in [0.1, 0.15) is 86.9 Å². The number of amides is 1. The molecule has 0 aromatic heterocycles. The van der Waals surface area contributed by atoms with Crippen LogP contribution in [0.25, 0.3) is 0 Å². The van der Waals surface area contributed by atoms with E-state index in [1.165, 1.54) is 46.8 Å². The van der Waals surface area contributed by atoms with Crippen molar-refractivity contribution in [3.8, 4) is 5.75 Å². The topological polar surface area (TPSA) is 119 Å². The Bertz CT molecular complexity index is 1850. The van der Waals surface area contributed by atoms with E-state index in [0.717, 1.165) is 37.7 Å². The fourth-order valence-electron chi connectivity index (χ4n) is 7.15. The molecule has 0 radical (unpaired) electrons. The first-order chi connectivity index (χ1) is 22.3. The molecule has 12 heteroatoms. The highest BCUT2D eigenvalue weighted by atomic mass is 32.2. The monoisotopic (exact) mass is 684 g/mol. The zero-order valence-electron chi connectivity index (χ0n) is 26.8. The fraction of sp³-hybridized carbons (Fsp3) is 0.457. The summed E-state index contributed by atoms with van der Waals surface area (Å²) in [5.41, 5.74) is 1.22. The second-order valence-electron chi connectivity index (χ2n) is 13.2. The molecule has 0 bridgehead atoms. The Labute approximate surface area is 276 Å². The van der Waals surface area contributed by atoms with E-state index in [1.807, 2.05) is 20.8 Å². The summed E-state index contributed by atoms with van der Waals surface area (Å²) in [6.45, 7) is 6.41. The zero-order chi connectivity index (χ0) is 33.6. The summed E-state index contributed by atoms with van der Waals surface area (Å²) >= 11 is 0. The number of nitrogens with zero attached hydrogens (tertiary/aromatic N) is 1. The maximum absolute atomic E-state index is 13.4. The molecule has 2 saturated heterocycles. The van der Waals surface area contributed by atoms with E-state index in [4.69, 9.17) is 9.47 Å². The van der Waals surface area contributed by atoms with E-state index < -0.39 is 31.6 Å². The van der Waals surface area contributed by atoms with Crippen molar-refractivity contribution >= 4 is 26.0 Å². The Morgan fingerprint density at radius 1 is 0.936 bits per heavy atom. The maximum atomic E-state index is 13.4. The summed E-state index contributed by atoms with van der Waals surface area (Å²) in [4.78, 5) is 13.1. The van der Waals surface area contributed by atoms with Gasteiger partial charge in [-0.05, 0) is 113 Å². The standard InChI is InChI=1S/C35H41FN2O7S2/c1-4-26-7-5-6-20-38(26)47(42,43)29-16-14-28(15-17-29)46(40,41)37-34(39)24-10-19-32-30(22-24)33-31(35(2,3)45-32)18-13-27(44-33)21-23-8-11-25(36)12-9-23/h8-12,14-17,19,22,26-27,31,33H,4-7,13,18,20-21H2,1-3H3,(H,37,39)/t26-,27+,31-,33+/m1/s1. The van der Waals surface area contributed by atoms with E-state index >= 15 is 0 Å². The van der Waals surface area contributed by atoms with E-state index in [0.29, 0.717) is 30.7 Å². The van der Waals surface area contributed by atoms with Crippen LogP contribution in [0.3, 0.4) is 0 Å². The third-order valence-electron chi connectivity index (χ3n) is 9.74. The summed E-state index contributed by atoms with van der Waals surface area (Å²) in [7, 11) is -8.11. The summed E-state index contributed by atoms with van der Waals surface area (Å²) in [5.74, 6) is -0.569. The molecule has 4 atom stereocenters. The summed E-state index contributed by atoms with van der Waals surface area (Å²) in [6.07, 6.45) is 4.95. The predicted octanol–water partition coefficient (Wildman–Crippen LogP) is 6.15. The minimum atomic E-state index is -4.32. The summed E-state index contributed by atoms with van der Waals surface area (Å²) < 4.78 is 83.2. The van der Waals surface area contributed by atoms with Crippen LogP contribution in [0.15, 0.2) is 76.5 Å². The average Bonchev–Trinajstić information content (AvgIpc) is 3.05. The molecule has 0 aliphatic carbocycles. The second-order valence-corrected chi connectivity index (χ2v) is 16.8. The molecule has 2 fully saturated rings. The van der Waals surface area contributed by atoms with E-state index in [2.05, 4.69) is 4.72 Å². The zero-order valence-corrected chi connectivity index (χ0v) is 28.4. The van der Waals surface area contributed by atoms with Crippen LogP contribution >= 0.6 is 0 Å². The van der Waals surface area contributed by atoms with Crippen molar-refractivity contribution in [1.82, 2.24) is 9.03 Å². The third-order valence-corrected chi connectivity index (χ3v) is 13.1. The molecule has 0 spiro atoms. The number of halogens is 1. The Balaban J connectivity index is 1.19. The molecule has 3 aliphatic heterocycles. The van der Waals surface area contributed by atoms with Crippen LogP contribution in [0.4, 0.5) is 4.39 Å². The normalized spacial score (nSPS) is 24.4.